The van der Waals surface area contributed by atoms with Gasteiger partial charge in [0, 0.05) is 17.3 Å². The standard InChI is InChI=1S/C25H22N2O4/c1-2-26-27-16-21-20(14-9-15-22(21)31-19-12-7-4-8-13-19)24(23(27)25(28)29)30-17-18-10-5-3-6-11-18/h2-15H,16-17H2,1H3,(H,28,29)/b26-2-. The number of para-hydroxylation sites is 1. The molecule has 1 N–H and O–H groups in total. The van der Waals surface area contributed by atoms with Crippen molar-refractivity contribution in [2.45, 2.75) is 20.1 Å². The van der Waals surface area contributed by atoms with Gasteiger partial charge in [-0.25, -0.2) is 4.79 Å². The molecule has 6 nitrogen and oxygen atoms in total. The van der Waals surface area contributed by atoms with Crippen molar-refractivity contribution in [3.8, 4) is 11.5 Å². The second-order valence-electron chi connectivity index (χ2n) is 6.89. The summed E-state index contributed by atoms with van der Waals surface area (Å²) in [5.41, 5.74) is 2.43. The van der Waals surface area contributed by atoms with Crippen LogP contribution < -0.4 is 4.74 Å². The van der Waals surface area contributed by atoms with E-state index >= 15 is 0 Å². The van der Waals surface area contributed by atoms with Crippen LogP contribution in [0.3, 0.4) is 0 Å². The first kappa shape index (κ1) is 20.2. The van der Waals surface area contributed by atoms with Crippen LogP contribution in [-0.4, -0.2) is 22.3 Å². The molecule has 156 valence electrons. The first-order valence-electron chi connectivity index (χ1n) is 9.93. The van der Waals surface area contributed by atoms with Crippen LogP contribution in [0.5, 0.6) is 11.5 Å². The predicted molar refractivity (Wildman–Crippen MR) is 118 cm³/mol. The Kier molecular flexibility index (Phi) is 5.98. The molecule has 0 unspecified atom stereocenters. The Morgan fingerprint density at radius 2 is 1.74 bits per heavy atom. The number of benzene rings is 3. The molecule has 0 aromatic heterocycles. The van der Waals surface area contributed by atoms with Gasteiger partial charge in [0.15, 0.2) is 11.5 Å². The Bertz CT molecular complexity index is 1120. The molecule has 31 heavy (non-hydrogen) atoms. The third kappa shape index (κ3) is 4.43. The third-order valence-corrected chi connectivity index (χ3v) is 4.81. The Balaban J connectivity index is 1.78. The highest BCUT2D eigenvalue weighted by molar-refractivity contribution is 5.95. The number of hydrazone groups is 1. The summed E-state index contributed by atoms with van der Waals surface area (Å²) >= 11 is 0. The molecular weight excluding hydrogens is 392 g/mol. The van der Waals surface area contributed by atoms with Gasteiger partial charge in [-0.15, -0.1) is 0 Å². The molecule has 0 amide bonds. The minimum Gasteiger partial charge on any atom is -0.486 e. The van der Waals surface area contributed by atoms with Gasteiger partial charge in [0.2, 0.25) is 0 Å². The summed E-state index contributed by atoms with van der Waals surface area (Å²) in [7, 11) is 0. The lowest BCUT2D eigenvalue weighted by Crippen LogP contribution is -2.29. The van der Waals surface area contributed by atoms with E-state index < -0.39 is 5.97 Å². The normalized spacial score (nSPS) is 13.3. The minimum absolute atomic E-state index is 0.00149. The molecule has 0 saturated carbocycles. The highest BCUT2D eigenvalue weighted by Gasteiger charge is 2.32. The molecule has 0 fully saturated rings. The first-order chi connectivity index (χ1) is 15.2. The fraction of sp³-hybridized carbons (Fsp3) is 0.120. The van der Waals surface area contributed by atoms with Crippen molar-refractivity contribution in [3.63, 3.8) is 0 Å². The Labute approximate surface area is 180 Å². The highest BCUT2D eigenvalue weighted by Crippen LogP contribution is 2.39. The molecule has 0 spiro atoms. The van der Waals surface area contributed by atoms with Gasteiger partial charge in [-0.3, -0.25) is 5.01 Å². The van der Waals surface area contributed by atoms with Crippen LogP contribution in [0.25, 0.3) is 5.76 Å². The number of fused-ring (bicyclic) bond motifs is 1. The van der Waals surface area contributed by atoms with E-state index in [4.69, 9.17) is 9.47 Å². The lowest BCUT2D eigenvalue weighted by molar-refractivity contribution is -0.134. The minimum atomic E-state index is -1.10. The van der Waals surface area contributed by atoms with E-state index in [2.05, 4.69) is 5.10 Å². The molecule has 3 aromatic rings. The number of carboxylic acids is 1. The molecular formula is C25H22N2O4. The fourth-order valence-electron chi connectivity index (χ4n) is 3.45. The van der Waals surface area contributed by atoms with Crippen molar-refractivity contribution in [3.05, 3.63) is 101 Å². The number of rotatable bonds is 7. The van der Waals surface area contributed by atoms with Gasteiger partial charge >= 0.3 is 5.97 Å². The second kappa shape index (κ2) is 9.17. The monoisotopic (exact) mass is 414 g/mol. The molecule has 0 atom stereocenters. The average Bonchev–Trinajstić information content (AvgIpc) is 2.79. The van der Waals surface area contributed by atoms with E-state index in [0.29, 0.717) is 17.1 Å². The van der Waals surface area contributed by atoms with E-state index in [-0.39, 0.29) is 24.6 Å². The van der Waals surface area contributed by atoms with Crippen LogP contribution in [0.4, 0.5) is 0 Å². The Morgan fingerprint density at radius 1 is 1.03 bits per heavy atom. The molecule has 4 rings (SSSR count). The van der Waals surface area contributed by atoms with Crippen LogP contribution in [0.2, 0.25) is 0 Å². The second-order valence-corrected chi connectivity index (χ2v) is 6.89. The lowest BCUT2D eigenvalue weighted by atomic mass is 9.99. The maximum atomic E-state index is 12.2. The zero-order chi connectivity index (χ0) is 21.6. The molecule has 0 radical (unpaired) electrons. The zero-order valence-electron chi connectivity index (χ0n) is 17.1. The van der Waals surface area contributed by atoms with E-state index in [1.54, 1.807) is 13.1 Å². The van der Waals surface area contributed by atoms with Crippen molar-refractivity contribution in [1.82, 2.24) is 5.01 Å². The summed E-state index contributed by atoms with van der Waals surface area (Å²) in [6.07, 6.45) is 1.56. The maximum Gasteiger partial charge on any atom is 0.358 e. The van der Waals surface area contributed by atoms with Crippen LogP contribution in [-0.2, 0) is 22.7 Å². The number of hydrogen-bond donors (Lipinski definition) is 1. The Hall–Kier alpha value is -4.06. The number of ether oxygens (including phenoxy) is 2. The summed E-state index contributed by atoms with van der Waals surface area (Å²) < 4.78 is 12.2. The number of nitrogens with zero attached hydrogens (tertiary/aromatic N) is 2. The topological polar surface area (TPSA) is 71.4 Å². The molecule has 0 aliphatic carbocycles. The Morgan fingerprint density at radius 3 is 2.42 bits per heavy atom. The van der Waals surface area contributed by atoms with Gasteiger partial charge in [0.25, 0.3) is 0 Å². The maximum absolute atomic E-state index is 12.2. The molecule has 1 heterocycles. The summed E-state index contributed by atoms with van der Waals surface area (Å²) in [6, 6.07) is 24.6. The summed E-state index contributed by atoms with van der Waals surface area (Å²) in [4.78, 5) is 12.2. The molecule has 6 heteroatoms. The number of carbonyl (C=O) groups is 1. The molecule has 1 aliphatic rings. The van der Waals surface area contributed by atoms with E-state index in [9.17, 15) is 9.90 Å². The van der Waals surface area contributed by atoms with Gasteiger partial charge in [-0.2, -0.15) is 5.10 Å². The van der Waals surface area contributed by atoms with Crippen molar-refractivity contribution in [2.24, 2.45) is 5.10 Å². The van der Waals surface area contributed by atoms with Crippen LogP contribution in [0, 0.1) is 0 Å². The van der Waals surface area contributed by atoms with Gasteiger partial charge in [-0.1, -0.05) is 60.7 Å². The number of aliphatic carboxylic acids is 1. The first-order valence-corrected chi connectivity index (χ1v) is 9.93. The summed E-state index contributed by atoms with van der Waals surface area (Å²) in [6.45, 7) is 2.23. The van der Waals surface area contributed by atoms with Gasteiger partial charge < -0.3 is 14.6 Å². The third-order valence-electron chi connectivity index (χ3n) is 4.81. The quantitative estimate of drug-likeness (QED) is 0.533. The van der Waals surface area contributed by atoms with Gasteiger partial charge in [0.05, 0.1) is 6.54 Å². The van der Waals surface area contributed by atoms with Crippen LogP contribution >= 0.6 is 0 Å². The SMILES string of the molecule is C/C=N\N1Cc2c(Oc3ccccc3)cccc2C(OCc2ccccc2)=C1C(=O)O. The van der Waals surface area contributed by atoms with Gasteiger partial charge in [-0.05, 0) is 30.7 Å². The predicted octanol–water partition coefficient (Wildman–Crippen LogP) is 5.27. The van der Waals surface area contributed by atoms with Crippen LogP contribution in [0.1, 0.15) is 23.6 Å². The largest absolute Gasteiger partial charge is 0.486 e. The van der Waals surface area contributed by atoms with Gasteiger partial charge in [0.1, 0.15) is 18.1 Å². The highest BCUT2D eigenvalue weighted by atomic mass is 16.5. The van der Waals surface area contributed by atoms with Crippen LogP contribution in [0.15, 0.2) is 89.7 Å². The summed E-state index contributed by atoms with van der Waals surface area (Å²) in [5, 5.41) is 15.7. The van der Waals surface area contributed by atoms with Crippen molar-refractivity contribution >= 4 is 17.9 Å². The van der Waals surface area contributed by atoms with E-state index in [1.165, 1.54) is 5.01 Å². The van der Waals surface area contributed by atoms with E-state index in [0.717, 1.165) is 11.1 Å². The van der Waals surface area contributed by atoms with Crippen molar-refractivity contribution in [2.75, 3.05) is 0 Å². The smallest absolute Gasteiger partial charge is 0.358 e. The molecule has 0 bridgehead atoms. The lowest BCUT2D eigenvalue weighted by Gasteiger charge is -2.30. The molecule has 1 aliphatic heterocycles. The molecule has 3 aromatic carbocycles. The zero-order valence-corrected chi connectivity index (χ0v) is 17.1. The average molecular weight is 414 g/mol. The van der Waals surface area contributed by atoms with Crippen molar-refractivity contribution in [1.29, 1.82) is 0 Å². The summed E-state index contributed by atoms with van der Waals surface area (Å²) in [5.74, 6) is 0.488. The molecule has 0 saturated heterocycles. The van der Waals surface area contributed by atoms with Crippen molar-refractivity contribution < 1.29 is 19.4 Å². The fourth-order valence-corrected chi connectivity index (χ4v) is 3.45. The van der Waals surface area contributed by atoms with E-state index in [1.807, 2.05) is 78.9 Å². The number of hydrogen-bond acceptors (Lipinski definition) is 5. The number of carboxylic acid groups (broad SMARTS) is 1.